The summed E-state index contributed by atoms with van der Waals surface area (Å²) in [6, 6.07) is 8.24. The van der Waals surface area contributed by atoms with Crippen LogP contribution in [-0.2, 0) is 5.88 Å². The minimum Gasteiger partial charge on any atom is -0.240 e. The predicted molar refractivity (Wildman–Crippen MR) is 61.8 cm³/mol. The molecule has 0 spiro atoms. The Kier molecular flexibility index (Phi) is 2.85. The molecule has 0 amide bonds. The fraction of sp³-hybridized carbons (Fsp3) is 0.182. The number of hydrogen-bond donors (Lipinski definition) is 0. The first-order chi connectivity index (χ1) is 6.81. The van der Waals surface area contributed by atoms with Crippen molar-refractivity contribution in [3.05, 3.63) is 40.2 Å². The molecule has 0 unspecified atom stereocenters. The van der Waals surface area contributed by atoms with Crippen LogP contribution in [-0.4, -0.2) is 4.98 Å². The smallest absolute Gasteiger partial charge is 0.108 e. The van der Waals surface area contributed by atoms with Gasteiger partial charge in [0.05, 0.1) is 11.6 Å². The van der Waals surface area contributed by atoms with Gasteiger partial charge >= 0.3 is 0 Å². The molecule has 1 aromatic heterocycles. The Morgan fingerprint density at radius 1 is 1.36 bits per heavy atom. The lowest BCUT2D eigenvalue weighted by molar-refractivity contribution is 1.25. The maximum absolute atomic E-state index is 5.72. The Bertz CT molecular complexity index is 436. The van der Waals surface area contributed by atoms with Crippen LogP contribution in [0.15, 0.2) is 29.6 Å². The summed E-state index contributed by atoms with van der Waals surface area (Å²) < 4.78 is 0. The summed E-state index contributed by atoms with van der Waals surface area (Å²) in [5.74, 6) is 0.497. The number of aromatic nitrogens is 1. The standard InChI is InChI=1S/C11H10ClNS/c1-8-4-2-3-5-9(8)10-7-14-11(6-12)13-10/h2-5,7H,6H2,1H3. The van der Waals surface area contributed by atoms with Gasteiger partial charge in [-0.3, -0.25) is 0 Å². The highest BCUT2D eigenvalue weighted by molar-refractivity contribution is 7.10. The second-order valence-electron chi connectivity index (χ2n) is 3.08. The molecule has 2 aromatic rings. The van der Waals surface area contributed by atoms with Gasteiger partial charge in [-0.25, -0.2) is 4.98 Å². The molecule has 0 fully saturated rings. The van der Waals surface area contributed by atoms with Gasteiger partial charge in [-0.05, 0) is 12.5 Å². The quantitative estimate of drug-likeness (QED) is 0.705. The SMILES string of the molecule is Cc1ccccc1-c1csc(CCl)n1. The van der Waals surface area contributed by atoms with Crippen LogP contribution in [0.3, 0.4) is 0 Å². The lowest BCUT2D eigenvalue weighted by Gasteiger charge is -2.00. The van der Waals surface area contributed by atoms with Gasteiger partial charge in [-0.2, -0.15) is 0 Å². The topological polar surface area (TPSA) is 12.9 Å². The highest BCUT2D eigenvalue weighted by Crippen LogP contribution is 2.25. The number of thiazole rings is 1. The van der Waals surface area contributed by atoms with Gasteiger partial charge in [0.2, 0.25) is 0 Å². The fourth-order valence-electron chi connectivity index (χ4n) is 1.36. The van der Waals surface area contributed by atoms with E-state index in [4.69, 9.17) is 11.6 Å². The van der Waals surface area contributed by atoms with E-state index in [0.717, 1.165) is 10.7 Å². The molecule has 3 heteroatoms. The molecular formula is C11H10ClNS. The number of alkyl halides is 1. The number of hydrogen-bond acceptors (Lipinski definition) is 2. The summed E-state index contributed by atoms with van der Waals surface area (Å²) >= 11 is 7.33. The van der Waals surface area contributed by atoms with Crippen LogP contribution in [0, 0.1) is 6.92 Å². The largest absolute Gasteiger partial charge is 0.240 e. The van der Waals surface area contributed by atoms with Gasteiger partial charge in [-0.1, -0.05) is 24.3 Å². The van der Waals surface area contributed by atoms with Gasteiger partial charge < -0.3 is 0 Å². The minimum atomic E-state index is 0.497. The van der Waals surface area contributed by atoms with E-state index in [9.17, 15) is 0 Å². The third-order valence-electron chi connectivity index (χ3n) is 2.09. The zero-order valence-corrected chi connectivity index (χ0v) is 9.40. The first kappa shape index (κ1) is 9.69. The van der Waals surface area contributed by atoms with Crippen LogP contribution < -0.4 is 0 Å². The van der Waals surface area contributed by atoms with Gasteiger partial charge in [0.1, 0.15) is 5.01 Å². The van der Waals surface area contributed by atoms with Crippen molar-refractivity contribution >= 4 is 22.9 Å². The van der Waals surface area contributed by atoms with E-state index in [2.05, 4.69) is 29.4 Å². The summed E-state index contributed by atoms with van der Waals surface area (Å²) in [5, 5.41) is 3.03. The highest BCUT2D eigenvalue weighted by Gasteiger charge is 2.05. The maximum atomic E-state index is 5.72. The summed E-state index contributed by atoms with van der Waals surface area (Å²) in [4.78, 5) is 4.45. The molecule has 1 heterocycles. The van der Waals surface area contributed by atoms with E-state index < -0.39 is 0 Å². The average Bonchev–Trinajstić information content (AvgIpc) is 2.67. The van der Waals surface area contributed by atoms with Crippen LogP contribution in [0.4, 0.5) is 0 Å². The molecule has 0 aliphatic heterocycles. The molecular weight excluding hydrogens is 214 g/mol. The Hall–Kier alpha value is -0.860. The molecule has 1 aromatic carbocycles. The third-order valence-corrected chi connectivity index (χ3v) is 3.35. The second-order valence-corrected chi connectivity index (χ2v) is 4.28. The lowest BCUT2D eigenvalue weighted by atomic mass is 10.1. The normalized spacial score (nSPS) is 10.4. The number of halogens is 1. The molecule has 0 saturated carbocycles. The van der Waals surface area contributed by atoms with Gasteiger partial charge in [0.25, 0.3) is 0 Å². The number of rotatable bonds is 2. The van der Waals surface area contributed by atoms with Crippen molar-refractivity contribution in [1.82, 2.24) is 4.98 Å². The molecule has 14 heavy (non-hydrogen) atoms. The van der Waals surface area contributed by atoms with E-state index in [1.165, 1.54) is 11.1 Å². The minimum absolute atomic E-state index is 0.497. The third kappa shape index (κ3) is 1.81. The van der Waals surface area contributed by atoms with Gasteiger partial charge in [0.15, 0.2) is 0 Å². The van der Waals surface area contributed by atoms with Crippen LogP contribution in [0.25, 0.3) is 11.3 Å². The molecule has 0 atom stereocenters. The molecule has 1 nitrogen and oxygen atoms in total. The van der Waals surface area contributed by atoms with Crippen molar-refractivity contribution in [1.29, 1.82) is 0 Å². The highest BCUT2D eigenvalue weighted by atomic mass is 35.5. The molecule has 72 valence electrons. The lowest BCUT2D eigenvalue weighted by Crippen LogP contribution is -1.83. The second kappa shape index (κ2) is 4.11. The Morgan fingerprint density at radius 3 is 2.79 bits per heavy atom. The molecule has 0 radical (unpaired) electrons. The van der Waals surface area contributed by atoms with E-state index in [1.807, 2.05) is 12.1 Å². The van der Waals surface area contributed by atoms with Crippen molar-refractivity contribution in [3.63, 3.8) is 0 Å². The zero-order chi connectivity index (χ0) is 9.97. The van der Waals surface area contributed by atoms with E-state index in [-0.39, 0.29) is 0 Å². The summed E-state index contributed by atoms with van der Waals surface area (Å²) in [6.07, 6.45) is 0. The van der Waals surface area contributed by atoms with Crippen molar-refractivity contribution in [3.8, 4) is 11.3 Å². The average molecular weight is 224 g/mol. The molecule has 0 saturated heterocycles. The first-order valence-corrected chi connectivity index (χ1v) is 5.79. The van der Waals surface area contributed by atoms with Crippen LogP contribution in [0.1, 0.15) is 10.6 Å². The van der Waals surface area contributed by atoms with Crippen molar-refractivity contribution in [2.24, 2.45) is 0 Å². The molecule has 0 N–H and O–H groups in total. The van der Waals surface area contributed by atoms with Crippen LogP contribution in [0.2, 0.25) is 0 Å². The van der Waals surface area contributed by atoms with Crippen LogP contribution >= 0.6 is 22.9 Å². The summed E-state index contributed by atoms with van der Waals surface area (Å²) in [7, 11) is 0. The van der Waals surface area contributed by atoms with E-state index in [0.29, 0.717) is 5.88 Å². The summed E-state index contributed by atoms with van der Waals surface area (Å²) in [6.45, 7) is 2.09. The van der Waals surface area contributed by atoms with Gasteiger partial charge in [-0.15, -0.1) is 22.9 Å². The Labute approximate surface area is 92.4 Å². The van der Waals surface area contributed by atoms with Gasteiger partial charge in [0, 0.05) is 10.9 Å². The van der Waals surface area contributed by atoms with Crippen molar-refractivity contribution < 1.29 is 0 Å². The summed E-state index contributed by atoms with van der Waals surface area (Å²) in [5.41, 5.74) is 3.47. The zero-order valence-electron chi connectivity index (χ0n) is 7.83. The van der Waals surface area contributed by atoms with E-state index >= 15 is 0 Å². The molecule has 2 rings (SSSR count). The first-order valence-electron chi connectivity index (χ1n) is 4.37. The van der Waals surface area contributed by atoms with Crippen LogP contribution in [0.5, 0.6) is 0 Å². The molecule has 0 bridgehead atoms. The number of benzene rings is 1. The Morgan fingerprint density at radius 2 is 2.14 bits per heavy atom. The Balaban J connectivity index is 2.44. The molecule has 0 aliphatic carbocycles. The van der Waals surface area contributed by atoms with Crippen molar-refractivity contribution in [2.75, 3.05) is 0 Å². The number of nitrogens with zero attached hydrogens (tertiary/aromatic N) is 1. The predicted octanol–water partition coefficient (Wildman–Crippen LogP) is 3.86. The van der Waals surface area contributed by atoms with Crippen molar-refractivity contribution in [2.45, 2.75) is 12.8 Å². The molecule has 0 aliphatic rings. The monoisotopic (exact) mass is 223 g/mol. The fourth-order valence-corrected chi connectivity index (χ4v) is 2.25. The number of aryl methyl sites for hydroxylation is 1. The van der Waals surface area contributed by atoms with E-state index in [1.54, 1.807) is 11.3 Å². The maximum Gasteiger partial charge on any atom is 0.108 e.